The number of nitrogens with zero attached hydrogens (tertiary/aromatic N) is 1. The Morgan fingerprint density at radius 1 is 1.38 bits per heavy atom. The first kappa shape index (κ1) is 13.3. The summed E-state index contributed by atoms with van der Waals surface area (Å²) in [6.45, 7) is 5.29. The molecule has 1 atom stereocenters. The van der Waals surface area contributed by atoms with E-state index in [1.165, 1.54) is 4.90 Å². The molecule has 1 saturated heterocycles. The predicted molar refractivity (Wildman–Crippen MR) is 53.9 cm³/mol. The molecule has 0 aromatic heterocycles. The maximum atomic E-state index is 12.7. The Labute approximate surface area is 93.0 Å². The maximum Gasteiger partial charge on any atom is 0.405 e. The largest absolute Gasteiger partial charge is 0.405 e. The van der Waals surface area contributed by atoms with Gasteiger partial charge in [0.2, 0.25) is 5.91 Å². The molecule has 1 fully saturated rings. The van der Waals surface area contributed by atoms with Gasteiger partial charge in [-0.3, -0.25) is 9.69 Å². The van der Waals surface area contributed by atoms with Crippen molar-refractivity contribution in [3.8, 4) is 0 Å². The second-order valence-corrected chi connectivity index (χ2v) is 5.33. The first-order valence-electron chi connectivity index (χ1n) is 5.17. The summed E-state index contributed by atoms with van der Waals surface area (Å²) < 4.78 is 38.1. The van der Waals surface area contributed by atoms with Crippen molar-refractivity contribution >= 4 is 5.91 Å². The summed E-state index contributed by atoms with van der Waals surface area (Å²) in [6.07, 6.45) is -4.29. The highest BCUT2D eigenvalue weighted by molar-refractivity contribution is 5.78. The molecule has 94 valence electrons. The van der Waals surface area contributed by atoms with E-state index in [0.717, 1.165) is 0 Å². The molecule has 1 unspecified atom stereocenters. The highest BCUT2D eigenvalue weighted by Crippen LogP contribution is 2.28. The number of hydrogen-bond acceptors (Lipinski definition) is 2. The van der Waals surface area contributed by atoms with Crippen LogP contribution in [0, 0.1) is 5.41 Å². The Bertz CT molecular complexity index is 270. The predicted octanol–water partition coefficient (Wildman–Crippen LogP) is 1.40. The Morgan fingerprint density at radius 3 is 2.38 bits per heavy atom. The number of halogens is 3. The van der Waals surface area contributed by atoms with Crippen molar-refractivity contribution < 1.29 is 18.0 Å². The van der Waals surface area contributed by atoms with E-state index in [2.05, 4.69) is 5.32 Å². The van der Waals surface area contributed by atoms with Crippen LogP contribution in [0.2, 0.25) is 0 Å². The van der Waals surface area contributed by atoms with Crippen LogP contribution in [-0.4, -0.2) is 42.7 Å². The van der Waals surface area contributed by atoms with E-state index >= 15 is 0 Å². The zero-order chi connectivity index (χ0) is 12.6. The minimum absolute atomic E-state index is 0.179. The summed E-state index contributed by atoms with van der Waals surface area (Å²) in [5, 5.41) is 2.25. The smallest absolute Gasteiger partial charge is 0.353 e. The van der Waals surface area contributed by atoms with Crippen LogP contribution >= 0.6 is 0 Å². The number of hydrogen-bond donors (Lipinski definition) is 1. The fourth-order valence-electron chi connectivity index (χ4n) is 1.79. The van der Waals surface area contributed by atoms with Crippen molar-refractivity contribution in [1.82, 2.24) is 10.2 Å². The van der Waals surface area contributed by atoms with Gasteiger partial charge in [0.1, 0.15) is 6.04 Å². The molecule has 0 aliphatic carbocycles. The molecule has 3 nitrogen and oxygen atoms in total. The summed E-state index contributed by atoms with van der Waals surface area (Å²) in [6, 6.07) is -1.57. The number of nitrogens with one attached hydrogen (secondary N) is 1. The first-order valence-corrected chi connectivity index (χ1v) is 5.17. The van der Waals surface area contributed by atoms with Crippen LogP contribution in [0.3, 0.4) is 0 Å². The van der Waals surface area contributed by atoms with E-state index in [1.807, 2.05) is 20.8 Å². The molecule has 0 saturated carbocycles. The van der Waals surface area contributed by atoms with Gasteiger partial charge in [-0.15, -0.1) is 0 Å². The molecule has 1 aliphatic rings. The lowest BCUT2D eigenvalue weighted by atomic mass is 9.94. The maximum absolute atomic E-state index is 12.7. The number of carbonyl (C=O) groups excluding carboxylic acids is 1. The molecule has 0 aromatic carbocycles. The molecule has 0 radical (unpaired) electrons. The van der Waals surface area contributed by atoms with Gasteiger partial charge in [0.15, 0.2) is 0 Å². The van der Waals surface area contributed by atoms with Gasteiger partial charge >= 0.3 is 6.18 Å². The van der Waals surface area contributed by atoms with Crippen molar-refractivity contribution in [2.45, 2.75) is 33.0 Å². The summed E-state index contributed by atoms with van der Waals surface area (Å²) in [5.74, 6) is -0.343. The van der Waals surface area contributed by atoms with Crippen molar-refractivity contribution in [2.24, 2.45) is 5.41 Å². The highest BCUT2D eigenvalue weighted by Gasteiger charge is 2.46. The Morgan fingerprint density at radius 2 is 1.94 bits per heavy atom. The minimum Gasteiger partial charge on any atom is -0.353 e. The number of carbonyl (C=O) groups is 1. The van der Waals surface area contributed by atoms with Gasteiger partial charge < -0.3 is 5.32 Å². The molecule has 1 heterocycles. The van der Waals surface area contributed by atoms with Crippen molar-refractivity contribution in [3.63, 3.8) is 0 Å². The van der Waals surface area contributed by atoms with Crippen molar-refractivity contribution in [2.75, 3.05) is 19.6 Å². The fourth-order valence-corrected chi connectivity index (χ4v) is 1.79. The van der Waals surface area contributed by atoms with E-state index in [1.54, 1.807) is 0 Å². The molecular weight excluding hydrogens is 221 g/mol. The monoisotopic (exact) mass is 238 g/mol. The molecule has 0 spiro atoms. The summed E-state index contributed by atoms with van der Waals surface area (Å²) in [4.78, 5) is 12.3. The third kappa shape index (κ3) is 3.66. The second-order valence-electron chi connectivity index (χ2n) is 5.33. The number of amides is 1. The van der Waals surface area contributed by atoms with Gasteiger partial charge in [0.25, 0.3) is 0 Å². The van der Waals surface area contributed by atoms with Gasteiger partial charge in [0, 0.05) is 13.1 Å². The average Bonchev–Trinajstić information content (AvgIpc) is 1.97. The summed E-state index contributed by atoms with van der Waals surface area (Å²) >= 11 is 0. The molecule has 1 rings (SSSR count). The average molecular weight is 238 g/mol. The molecular formula is C10H17F3N2O. The number of rotatable bonds is 1. The van der Waals surface area contributed by atoms with Crippen LogP contribution in [0.5, 0.6) is 0 Å². The van der Waals surface area contributed by atoms with Crippen LogP contribution in [0.4, 0.5) is 13.2 Å². The third-order valence-electron chi connectivity index (χ3n) is 2.34. The van der Waals surface area contributed by atoms with E-state index < -0.39 is 12.2 Å². The number of alkyl halides is 3. The van der Waals surface area contributed by atoms with Crippen LogP contribution in [-0.2, 0) is 4.79 Å². The normalized spacial score (nSPS) is 24.4. The SMILES string of the molecule is CC(C)(C)CN1CC(=O)NCC1C(F)(F)F. The van der Waals surface area contributed by atoms with Gasteiger partial charge in [-0.25, -0.2) is 0 Å². The second kappa shape index (κ2) is 4.24. The van der Waals surface area contributed by atoms with E-state index in [4.69, 9.17) is 0 Å². The molecule has 1 N–H and O–H groups in total. The van der Waals surface area contributed by atoms with Crippen LogP contribution in [0.25, 0.3) is 0 Å². The Balaban J connectivity index is 2.77. The lowest BCUT2D eigenvalue weighted by molar-refractivity contribution is -0.191. The number of piperazine rings is 1. The van der Waals surface area contributed by atoms with Crippen LogP contribution < -0.4 is 5.32 Å². The van der Waals surface area contributed by atoms with Gasteiger partial charge in [-0.05, 0) is 5.41 Å². The van der Waals surface area contributed by atoms with Gasteiger partial charge in [0.05, 0.1) is 6.54 Å². The Hall–Kier alpha value is -0.780. The standard InChI is InChI=1S/C10H17F3N2O/c1-9(2,3)6-15-5-8(16)14-4-7(15)10(11,12)13/h7H,4-6H2,1-3H3,(H,14,16). The van der Waals surface area contributed by atoms with E-state index in [9.17, 15) is 18.0 Å². The summed E-state index contributed by atoms with van der Waals surface area (Å²) in [5.41, 5.74) is -0.263. The molecule has 1 amide bonds. The molecule has 0 bridgehead atoms. The summed E-state index contributed by atoms with van der Waals surface area (Å²) in [7, 11) is 0. The van der Waals surface area contributed by atoms with E-state index in [0.29, 0.717) is 0 Å². The first-order chi connectivity index (χ1) is 7.09. The van der Waals surface area contributed by atoms with Crippen molar-refractivity contribution in [1.29, 1.82) is 0 Å². The molecule has 6 heteroatoms. The molecule has 0 aromatic rings. The minimum atomic E-state index is -4.29. The fraction of sp³-hybridized carbons (Fsp3) is 0.900. The molecule has 16 heavy (non-hydrogen) atoms. The van der Waals surface area contributed by atoms with Gasteiger partial charge in [-0.1, -0.05) is 20.8 Å². The van der Waals surface area contributed by atoms with Crippen molar-refractivity contribution in [3.05, 3.63) is 0 Å². The lowest BCUT2D eigenvalue weighted by Crippen LogP contribution is -2.61. The van der Waals surface area contributed by atoms with Gasteiger partial charge in [-0.2, -0.15) is 13.2 Å². The van der Waals surface area contributed by atoms with E-state index in [-0.39, 0.29) is 31.0 Å². The zero-order valence-corrected chi connectivity index (χ0v) is 9.69. The topological polar surface area (TPSA) is 32.3 Å². The lowest BCUT2D eigenvalue weighted by Gasteiger charge is -2.39. The van der Waals surface area contributed by atoms with Crippen LogP contribution in [0.1, 0.15) is 20.8 Å². The zero-order valence-electron chi connectivity index (χ0n) is 9.69. The highest BCUT2D eigenvalue weighted by atomic mass is 19.4. The molecule has 1 aliphatic heterocycles. The quantitative estimate of drug-likeness (QED) is 0.748. The van der Waals surface area contributed by atoms with Crippen LogP contribution in [0.15, 0.2) is 0 Å². The third-order valence-corrected chi connectivity index (χ3v) is 2.34. The Kier molecular flexibility index (Phi) is 3.52.